The molecule has 4 amide bonds. The van der Waals surface area contributed by atoms with Gasteiger partial charge in [-0.15, -0.1) is 0 Å². The SMILES string of the molecule is COc1cc(N2CCC(N3CCN(C(=O)COCCOCCOCCOCCNc4cccc5c4CN(C4CCC(=O)NC4=O)C5=O)CC3)CC2)ccc1Nc1ncc(Cl)c(Nc2ccccc2P(=O)(OC)OC)n1. The highest BCUT2D eigenvalue weighted by Crippen LogP contribution is 2.47. The Hall–Kier alpha value is -5.94. The van der Waals surface area contributed by atoms with Gasteiger partial charge in [-0.05, 0) is 55.7 Å². The number of halogens is 1. The first kappa shape index (κ1) is 55.3. The first-order valence-corrected chi connectivity index (χ1v) is 27.0. The largest absolute Gasteiger partial charge is 0.494 e. The van der Waals surface area contributed by atoms with E-state index in [9.17, 15) is 23.7 Å². The van der Waals surface area contributed by atoms with E-state index in [1.165, 1.54) is 25.3 Å². The number of piperazine rings is 1. The number of para-hydroxylation sites is 1. The number of nitrogens with zero attached hydrogens (tertiary/aromatic N) is 6. The van der Waals surface area contributed by atoms with Crippen molar-refractivity contribution < 1.29 is 56.5 Å². The highest BCUT2D eigenvalue weighted by atomic mass is 35.5. The van der Waals surface area contributed by atoms with Gasteiger partial charge in [0, 0.05) is 108 Å². The lowest BCUT2D eigenvalue weighted by molar-refractivity contribution is -0.139. The summed E-state index contributed by atoms with van der Waals surface area (Å²) in [6.45, 7) is 8.26. The number of benzene rings is 3. The van der Waals surface area contributed by atoms with Crippen molar-refractivity contribution in [1.82, 2.24) is 30.0 Å². The minimum absolute atomic E-state index is 0.0161. The van der Waals surface area contributed by atoms with Gasteiger partial charge < -0.3 is 63.4 Å². The van der Waals surface area contributed by atoms with Crippen molar-refractivity contribution in [1.29, 1.82) is 0 Å². The number of anilines is 6. The Bertz CT molecular complexity index is 2670. The minimum Gasteiger partial charge on any atom is -0.494 e. The molecule has 1 aromatic heterocycles. The molecule has 3 aromatic carbocycles. The molecule has 75 heavy (non-hydrogen) atoms. The van der Waals surface area contributed by atoms with Crippen LogP contribution in [0.1, 0.15) is 41.6 Å². The molecule has 5 heterocycles. The molecule has 4 aliphatic rings. The highest BCUT2D eigenvalue weighted by molar-refractivity contribution is 7.62. The van der Waals surface area contributed by atoms with E-state index in [0.29, 0.717) is 119 Å². The van der Waals surface area contributed by atoms with Crippen LogP contribution in [0.25, 0.3) is 0 Å². The summed E-state index contributed by atoms with van der Waals surface area (Å²) >= 11 is 6.49. The Morgan fingerprint density at radius 2 is 1.48 bits per heavy atom. The van der Waals surface area contributed by atoms with E-state index in [1.807, 2.05) is 29.2 Å². The number of piperidine rings is 2. The van der Waals surface area contributed by atoms with Crippen molar-refractivity contribution in [3.63, 3.8) is 0 Å². The van der Waals surface area contributed by atoms with Gasteiger partial charge in [-0.2, -0.15) is 4.98 Å². The normalized spacial score (nSPS) is 17.5. The maximum absolute atomic E-state index is 13.2. The Morgan fingerprint density at radius 1 is 0.787 bits per heavy atom. The molecule has 0 saturated carbocycles. The van der Waals surface area contributed by atoms with Gasteiger partial charge in [0.1, 0.15) is 23.4 Å². The van der Waals surface area contributed by atoms with Gasteiger partial charge in [0.25, 0.3) is 5.91 Å². The fourth-order valence-corrected chi connectivity index (χ4v) is 11.0. The van der Waals surface area contributed by atoms with Crippen molar-refractivity contribution >= 4 is 82.6 Å². The van der Waals surface area contributed by atoms with E-state index >= 15 is 0 Å². The van der Waals surface area contributed by atoms with Crippen LogP contribution in [0.2, 0.25) is 5.02 Å². The lowest BCUT2D eigenvalue weighted by Gasteiger charge is -2.43. The lowest BCUT2D eigenvalue weighted by Crippen LogP contribution is -2.54. The van der Waals surface area contributed by atoms with E-state index in [4.69, 9.17) is 44.3 Å². The predicted molar refractivity (Wildman–Crippen MR) is 282 cm³/mol. The van der Waals surface area contributed by atoms with Crippen molar-refractivity contribution in [2.75, 3.05) is 141 Å². The number of aromatic nitrogens is 2. The summed E-state index contributed by atoms with van der Waals surface area (Å²) < 4.78 is 52.0. The van der Waals surface area contributed by atoms with E-state index in [-0.39, 0.29) is 41.7 Å². The van der Waals surface area contributed by atoms with Gasteiger partial charge in [0.2, 0.25) is 23.7 Å². The summed E-state index contributed by atoms with van der Waals surface area (Å²) in [6.07, 6.45) is 4.00. The molecule has 4 aromatic rings. The minimum atomic E-state index is -3.58. The number of imide groups is 1. The molecule has 24 heteroatoms. The van der Waals surface area contributed by atoms with Gasteiger partial charge in [-0.25, -0.2) is 4.98 Å². The smallest absolute Gasteiger partial charge is 0.362 e. The average molecular weight is 1080 g/mol. The van der Waals surface area contributed by atoms with Crippen molar-refractivity contribution in [2.24, 2.45) is 0 Å². The fraction of sp³-hybridized carbons (Fsp3) is 0.490. The van der Waals surface area contributed by atoms with Crippen LogP contribution >= 0.6 is 19.2 Å². The predicted octanol–water partition coefficient (Wildman–Crippen LogP) is 4.79. The second-order valence-corrected chi connectivity index (χ2v) is 20.7. The van der Waals surface area contributed by atoms with Gasteiger partial charge in [0.15, 0.2) is 5.82 Å². The molecule has 22 nitrogen and oxygen atoms in total. The summed E-state index contributed by atoms with van der Waals surface area (Å²) in [7, 11) is 0.697. The van der Waals surface area contributed by atoms with Crippen LogP contribution in [0.4, 0.5) is 34.5 Å². The molecule has 4 N–H and O–H groups in total. The van der Waals surface area contributed by atoms with Gasteiger partial charge in [0.05, 0.1) is 76.2 Å². The monoisotopic (exact) mass is 1080 g/mol. The molecule has 404 valence electrons. The lowest BCUT2D eigenvalue weighted by atomic mass is 10.0. The molecule has 1 atom stereocenters. The first-order valence-electron chi connectivity index (χ1n) is 25.1. The van der Waals surface area contributed by atoms with Crippen molar-refractivity contribution in [3.8, 4) is 5.75 Å². The van der Waals surface area contributed by atoms with E-state index in [1.54, 1.807) is 43.5 Å². The van der Waals surface area contributed by atoms with E-state index in [2.05, 4.69) is 41.0 Å². The third-order valence-electron chi connectivity index (χ3n) is 13.6. The molecule has 1 unspecified atom stereocenters. The number of ether oxygens (including phenoxy) is 5. The second kappa shape index (κ2) is 26.7. The topological polar surface area (TPSA) is 237 Å². The maximum atomic E-state index is 13.2. The number of carbonyl (C=O) groups excluding carboxylic acids is 4. The number of fused-ring (bicyclic) bond motifs is 1. The summed E-state index contributed by atoms with van der Waals surface area (Å²) in [4.78, 5) is 67.2. The van der Waals surface area contributed by atoms with E-state index in [0.717, 1.165) is 56.0 Å². The third kappa shape index (κ3) is 14.1. The van der Waals surface area contributed by atoms with Crippen LogP contribution in [0, 0.1) is 0 Å². The number of hydrogen-bond donors (Lipinski definition) is 4. The van der Waals surface area contributed by atoms with Gasteiger partial charge in [-0.3, -0.25) is 34.0 Å². The quantitative estimate of drug-likeness (QED) is 0.0376. The average Bonchev–Trinajstić information content (AvgIpc) is 3.78. The number of carbonyl (C=O) groups is 4. The second-order valence-electron chi connectivity index (χ2n) is 18.1. The van der Waals surface area contributed by atoms with Gasteiger partial charge >= 0.3 is 7.60 Å². The zero-order chi connectivity index (χ0) is 52.7. The van der Waals surface area contributed by atoms with Crippen LogP contribution < -0.4 is 36.2 Å². The maximum Gasteiger partial charge on any atom is 0.362 e. The van der Waals surface area contributed by atoms with Crippen LogP contribution in [0.15, 0.2) is 66.9 Å². The molecule has 3 fully saturated rings. The third-order valence-corrected chi connectivity index (χ3v) is 15.8. The first-order chi connectivity index (χ1) is 36.5. The Kier molecular flexibility index (Phi) is 19.7. The number of methoxy groups -OCH3 is 1. The van der Waals surface area contributed by atoms with Crippen molar-refractivity contribution in [3.05, 3.63) is 83.0 Å². The Balaban J connectivity index is 0.656. The van der Waals surface area contributed by atoms with Crippen LogP contribution in [0.3, 0.4) is 0 Å². The molecular weight excluding hydrogens is 1010 g/mol. The molecule has 3 saturated heterocycles. The summed E-state index contributed by atoms with van der Waals surface area (Å²) in [6, 6.07) is 18.1. The number of nitrogens with one attached hydrogen (secondary N) is 4. The number of hydrogen-bond acceptors (Lipinski definition) is 19. The number of amides is 4. The molecule has 8 rings (SSSR count). The standard InChI is InChI=1S/C51H66ClN10O12P/c1-68-44-31-36(11-12-41(44)56-51-54-32-39(52)48(58-51)55-42-8-4-5-10-45(42)75(67,69-2)70-3)59-18-15-35(16-19-59)60-20-22-61(23-21-60)47(64)34-74-30-29-73-28-27-72-26-25-71-24-17-53-40-9-6-7-37-38(40)33-62(50(37)66)43-13-14-46(63)57-49(43)65/h4-12,31-32,35,43,53H,13-30,33-34H2,1-3H3,(H,57,63,65)(H2,54,55,56,58). The van der Waals surface area contributed by atoms with E-state index < -0.39 is 19.5 Å². The summed E-state index contributed by atoms with van der Waals surface area (Å²) in [5.74, 6) is 0.218. The van der Waals surface area contributed by atoms with Crippen LogP contribution in [0.5, 0.6) is 5.75 Å². The molecule has 0 aliphatic carbocycles. The molecule has 0 radical (unpaired) electrons. The summed E-state index contributed by atoms with van der Waals surface area (Å²) in [5.41, 5.74) is 4.37. The molecule has 4 aliphatic heterocycles. The molecule has 0 bridgehead atoms. The Morgan fingerprint density at radius 3 is 2.19 bits per heavy atom. The van der Waals surface area contributed by atoms with Crippen LogP contribution in [-0.2, 0) is 53.5 Å². The van der Waals surface area contributed by atoms with Crippen molar-refractivity contribution in [2.45, 2.75) is 44.3 Å². The zero-order valence-corrected chi connectivity index (χ0v) is 44.2. The highest BCUT2D eigenvalue weighted by Gasteiger charge is 2.40. The summed E-state index contributed by atoms with van der Waals surface area (Å²) in [5, 5.41) is 12.6. The molecule has 0 spiro atoms. The Labute approximate surface area is 441 Å². The molecular formula is C51H66ClN10O12P. The van der Waals surface area contributed by atoms with Crippen LogP contribution in [-0.4, -0.2) is 180 Å². The number of rotatable bonds is 26. The zero-order valence-electron chi connectivity index (χ0n) is 42.6. The van der Waals surface area contributed by atoms with Gasteiger partial charge in [-0.1, -0.05) is 29.8 Å². The fourth-order valence-electron chi connectivity index (χ4n) is 9.58.